The summed E-state index contributed by atoms with van der Waals surface area (Å²) in [5.74, 6) is -0.233. The Morgan fingerprint density at radius 1 is 1.43 bits per heavy atom. The first-order chi connectivity index (χ1) is 10.2. The van der Waals surface area contributed by atoms with Gasteiger partial charge in [0.2, 0.25) is 0 Å². The average molecular weight is 305 g/mol. The van der Waals surface area contributed by atoms with Crippen LogP contribution in [0.15, 0.2) is 35.8 Å². The van der Waals surface area contributed by atoms with Crippen LogP contribution in [0.5, 0.6) is 0 Å². The summed E-state index contributed by atoms with van der Waals surface area (Å²) in [4.78, 5) is 18.2. The molecule has 0 unspecified atom stereocenters. The molecular weight excluding hydrogens is 289 g/mol. The van der Waals surface area contributed by atoms with Gasteiger partial charge in [0.25, 0.3) is 0 Å². The normalized spacial score (nSPS) is 18.0. The fraction of sp³-hybridized carbons (Fsp3) is 0.333. The average Bonchev–Trinajstić information content (AvgIpc) is 3.13. The number of amides is 2. The van der Waals surface area contributed by atoms with Gasteiger partial charge in [-0.15, -0.1) is 11.3 Å². The van der Waals surface area contributed by atoms with E-state index in [1.165, 1.54) is 23.5 Å². The van der Waals surface area contributed by atoms with Crippen molar-refractivity contribution >= 4 is 22.5 Å². The van der Waals surface area contributed by atoms with E-state index in [0.717, 1.165) is 31.4 Å². The molecule has 0 saturated carbocycles. The number of nitrogens with zero attached hydrogens (tertiary/aromatic N) is 2. The Hall–Kier alpha value is -1.95. The molecule has 1 fully saturated rings. The van der Waals surface area contributed by atoms with Gasteiger partial charge in [0.1, 0.15) is 5.82 Å². The van der Waals surface area contributed by atoms with Gasteiger partial charge in [0, 0.05) is 24.2 Å². The molecule has 0 bridgehead atoms. The van der Waals surface area contributed by atoms with E-state index in [9.17, 15) is 9.18 Å². The highest BCUT2D eigenvalue weighted by Gasteiger charge is 2.29. The zero-order valence-electron chi connectivity index (χ0n) is 11.5. The summed E-state index contributed by atoms with van der Waals surface area (Å²) >= 11 is 1.41. The van der Waals surface area contributed by atoms with E-state index in [4.69, 9.17) is 0 Å². The summed E-state index contributed by atoms with van der Waals surface area (Å²) in [5, 5.41) is 5.27. The molecule has 1 aromatic carbocycles. The Kier molecular flexibility index (Phi) is 4.15. The van der Waals surface area contributed by atoms with E-state index in [0.29, 0.717) is 5.13 Å². The van der Waals surface area contributed by atoms with Crippen molar-refractivity contribution in [1.82, 2.24) is 9.88 Å². The second-order valence-electron chi connectivity index (χ2n) is 5.09. The number of benzene rings is 1. The lowest BCUT2D eigenvalue weighted by molar-refractivity contribution is 0.206. The number of rotatable bonds is 3. The number of thiazole rings is 1. The highest BCUT2D eigenvalue weighted by Crippen LogP contribution is 2.23. The number of halogens is 1. The van der Waals surface area contributed by atoms with Crippen LogP contribution in [0.3, 0.4) is 0 Å². The fourth-order valence-electron chi connectivity index (χ4n) is 2.66. The molecule has 110 valence electrons. The van der Waals surface area contributed by atoms with Gasteiger partial charge in [-0.3, -0.25) is 5.32 Å². The van der Waals surface area contributed by atoms with Crippen LogP contribution in [0.1, 0.15) is 18.4 Å². The van der Waals surface area contributed by atoms with Crippen LogP contribution in [0.2, 0.25) is 0 Å². The predicted molar refractivity (Wildman–Crippen MR) is 81.0 cm³/mol. The molecule has 2 aromatic rings. The number of likely N-dealkylation sites (tertiary alicyclic amines) is 1. The monoisotopic (exact) mass is 305 g/mol. The fourth-order valence-corrected chi connectivity index (χ4v) is 3.17. The minimum atomic E-state index is -0.233. The lowest BCUT2D eigenvalue weighted by Crippen LogP contribution is -2.39. The van der Waals surface area contributed by atoms with Gasteiger partial charge in [-0.25, -0.2) is 14.2 Å². The van der Waals surface area contributed by atoms with Crippen molar-refractivity contribution in [2.24, 2.45) is 0 Å². The van der Waals surface area contributed by atoms with Gasteiger partial charge < -0.3 is 4.90 Å². The predicted octanol–water partition coefficient (Wildman–Crippen LogP) is 3.52. The number of hydrogen-bond acceptors (Lipinski definition) is 3. The topological polar surface area (TPSA) is 45.2 Å². The second-order valence-corrected chi connectivity index (χ2v) is 5.98. The SMILES string of the molecule is O=C(Nc1nccs1)N1CCC[C@H]1Cc1ccc(F)cc1. The molecule has 1 aliphatic heterocycles. The highest BCUT2D eigenvalue weighted by atomic mass is 32.1. The number of aromatic nitrogens is 1. The second kappa shape index (κ2) is 6.22. The molecule has 0 aliphatic carbocycles. The zero-order valence-corrected chi connectivity index (χ0v) is 12.3. The van der Waals surface area contributed by atoms with Crippen LogP contribution < -0.4 is 5.32 Å². The molecular formula is C15H16FN3OS. The van der Waals surface area contributed by atoms with E-state index in [-0.39, 0.29) is 17.9 Å². The maximum atomic E-state index is 12.9. The first-order valence-corrected chi connectivity index (χ1v) is 7.82. The third kappa shape index (κ3) is 3.39. The summed E-state index contributed by atoms with van der Waals surface area (Å²) in [6.45, 7) is 0.753. The molecule has 2 amide bonds. The third-order valence-corrected chi connectivity index (χ3v) is 4.36. The van der Waals surface area contributed by atoms with Crippen molar-refractivity contribution < 1.29 is 9.18 Å². The van der Waals surface area contributed by atoms with Gasteiger partial charge in [-0.05, 0) is 37.0 Å². The molecule has 1 saturated heterocycles. The van der Waals surface area contributed by atoms with Gasteiger partial charge in [0.15, 0.2) is 5.13 Å². The van der Waals surface area contributed by atoms with E-state index in [2.05, 4.69) is 10.3 Å². The standard InChI is InChI=1S/C15H16FN3OS/c16-12-5-3-11(4-6-12)10-13-2-1-8-19(13)15(20)18-14-17-7-9-21-14/h3-7,9,13H,1-2,8,10H2,(H,17,18,20)/t13-/m0/s1. The molecule has 6 heteroatoms. The van der Waals surface area contributed by atoms with Crippen LogP contribution in [-0.4, -0.2) is 28.5 Å². The molecule has 1 N–H and O–H groups in total. The molecule has 0 spiro atoms. The summed E-state index contributed by atoms with van der Waals surface area (Å²) in [6.07, 6.45) is 4.39. The molecule has 1 aromatic heterocycles. The van der Waals surface area contributed by atoms with Crippen LogP contribution in [0, 0.1) is 5.82 Å². The van der Waals surface area contributed by atoms with Gasteiger partial charge in [-0.2, -0.15) is 0 Å². The Labute approximate surface area is 126 Å². The lowest BCUT2D eigenvalue weighted by Gasteiger charge is -2.24. The number of carbonyl (C=O) groups excluding carboxylic acids is 1. The van der Waals surface area contributed by atoms with Crippen LogP contribution in [0.4, 0.5) is 14.3 Å². The summed E-state index contributed by atoms with van der Waals surface area (Å²) in [5.41, 5.74) is 1.05. The van der Waals surface area contributed by atoms with E-state index in [1.807, 2.05) is 10.3 Å². The first-order valence-electron chi connectivity index (χ1n) is 6.94. The van der Waals surface area contributed by atoms with Gasteiger partial charge in [-0.1, -0.05) is 12.1 Å². The molecule has 2 heterocycles. The van der Waals surface area contributed by atoms with Crippen molar-refractivity contribution in [2.75, 3.05) is 11.9 Å². The minimum Gasteiger partial charge on any atom is -0.321 e. The lowest BCUT2D eigenvalue weighted by atomic mass is 10.0. The van der Waals surface area contributed by atoms with Gasteiger partial charge >= 0.3 is 6.03 Å². The number of carbonyl (C=O) groups is 1. The zero-order chi connectivity index (χ0) is 14.7. The maximum absolute atomic E-state index is 12.9. The highest BCUT2D eigenvalue weighted by molar-refractivity contribution is 7.13. The first kappa shape index (κ1) is 14.0. The largest absolute Gasteiger partial charge is 0.323 e. The van der Waals surface area contributed by atoms with E-state index in [1.54, 1.807) is 18.3 Å². The van der Waals surface area contributed by atoms with E-state index >= 15 is 0 Å². The van der Waals surface area contributed by atoms with Crippen LogP contribution >= 0.6 is 11.3 Å². The van der Waals surface area contributed by atoms with Crippen LogP contribution in [0.25, 0.3) is 0 Å². The third-order valence-electron chi connectivity index (χ3n) is 3.67. The number of anilines is 1. The molecule has 0 radical (unpaired) electrons. The molecule has 4 nitrogen and oxygen atoms in total. The summed E-state index contributed by atoms with van der Waals surface area (Å²) in [6, 6.07) is 6.55. The number of urea groups is 1. The number of nitrogens with one attached hydrogen (secondary N) is 1. The Morgan fingerprint density at radius 2 is 2.24 bits per heavy atom. The maximum Gasteiger partial charge on any atom is 0.323 e. The van der Waals surface area contributed by atoms with Crippen molar-refractivity contribution in [3.63, 3.8) is 0 Å². The Balaban J connectivity index is 1.64. The van der Waals surface area contributed by atoms with Gasteiger partial charge in [0.05, 0.1) is 0 Å². The van der Waals surface area contributed by atoms with Crippen molar-refractivity contribution in [3.05, 3.63) is 47.2 Å². The molecule has 1 atom stereocenters. The quantitative estimate of drug-likeness (QED) is 0.943. The molecule has 21 heavy (non-hydrogen) atoms. The van der Waals surface area contributed by atoms with Crippen molar-refractivity contribution in [3.8, 4) is 0 Å². The van der Waals surface area contributed by atoms with Crippen LogP contribution in [-0.2, 0) is 6.42 Å². The summed E-state index contributed by atoms with van der Waals surface area (Å²) < 4.78 is 12.9. The minimum absolute atomic E-state index is 0.102. The smallest absolute Gasteiger partial charge is 0.321 e. The van der Waals surface area contributed by atoms with Crippen molar-refractivity contribution in [1.29, 1.82) is 0 Å². The number of hydrogen-bond donors (Lipinski definition) is 1. The van der Waals surface area contributed by atoms with Crippen molar-refractivity contribution in [2.45, 2.75) is 25.3 Å². The Bertz CT molecular complexity index is 600. The molecule has 1 aliphatic rings. The summed E-state index contributed by atoms with van der Waals surface area (Å²) in [7, 11) is 0. The Morgan fingerprint density at radius 3 is 2.95 bits per heavy atom. The molecule has 3 rings (SSSR count). The van der Waals surface area contributed by atoms with E-state index < -0.39 is 0 Å².